The molecule has 1 atom stereocenters. The summed E-state index contributed by atoms with van der Waals surface area (Å²) in [5.74, 6) is 0.436. The van der Waals surface area contributed by atoms with E-state index in [1.165, 1.54) is 57.8 Å². The number of benzene rings is 1. The summed E-state index contributed by atoms with van der Waals surface area (Å²) >= 11 is 4.41. The topological polar surface area (TPSA) is 46.5 Å². The predicted octanol–water partition coefficient (Wildman–Crippen LogP) is 5.66. The van der Waals surface area contributed by atoms with Crippen molar-refractivity contribution >= 4 is 20.2 Å². The van der Waals surface area contributed by atoms with Crippen LogP contribution in [0.5, 0.6) is 5.75 Å². The summed E-state index contributed by atoms with van der Waals surface area (Å²) < 4.78 is 25.3. The Kier molecular flexibility index (Phi) is 10.5. The summed E-state index contributed by atoms with van der Waals surface area (Å²) in [7, 11) is -3.62. The third-order valence-corrected chi connectivity index (χ3v) is 4.56. The summed E-state index contributed by atoms with van der Waals surface area (Å²) in [6.07, 6.45) is 13.8. The molecule has 1 rings (SSSR count). The molecule has 0 saturated carbocycles. The Morgan fingerprint density at radius 1 is 0.957 bits per heavy atom. The van der Waals surface area contributed by atoms with E-state index in [4.69, 9.17) is 8.74 Å². The Bertz CT molecular complexity index is 527. The first-order valence-corrected chi connectivity index (χ1v) is 11.1. The minimum Gasteiger partial charge on any atom is -0.381 e. The molecule has 0 aliphatic rings. The molecule has 0 bridgehead atoms. The third-order valence-electron chi connectivity index (χ3n) is 3.97. The van der Waals surface area contributed by atoms with Crippen molar-refractivity contribution in [3.8, 4) is 5.75 Å². The molecule has 132 valence electrons. The summed E-state index contributed by atoms with van der Waals surface area (Å²) in [4.78, 5) is 0. The van der Waals surface area contributed by atoms with E-state index in [9.17, 15) is 4.21 Å². The highest BCUT2D eigenvalue weighted by Gasteiger charge is 2.08. The second kappa shape index (κ2) is 11.8. The standard InChI is InChI=1S/C18H30O3S2/c1-2-3-4-5-6-7-8-9-10-11-14-17-15-12-13-16-18(17)21-23(19,20)22/h12-13,15-16H,2-11,14H2,1H3,(H,19,20,22). The summed E-state index contributed by atoms with van der Waals surface area (Å²) in [6.45, 7) is 2.25. The average molecular weight is 359 g/mol. The molecule has 0 saturated heterocycles. The molecular weight excluding hydrogens is 328 g/mol. The van der Waals surface area contributed by atoms with Crippen molar-refractivity contribution in [1.29, 1.82) is 0 Å². The Labute approximate surface area is 146 Å². The quantitative estimate of drug-likeness (QED) is 0.462. The average Bonchev–Trinajstić information content (AvgIpc) is 2.49. The lowest BCUT2D eigenvalue weighted by Crippen LogP contribution is -2.06. The molecule has 3 nitrogen and oxygen atoms in total. The molecule has 23 heavy (non-hydrogen) atoms. The van der Waals surface area contributed by atoms with Gasteiger partial charge in [0.15, 0.2) is 0 Å². The fraction of sp³-hybridized carbons (Fsp3) is 0.667. The maximum absolute atomic E-state index is 11.2. The minimum absolute atomic E-state index is 0.436. The third kappa shape index (κ3) is 10.7. The molecule has 0 radical (unpaired) electrons. The molecule has 0 aliphatic heterocycles. The van der Waals surface area contributed by atoms with Crippen LogP contribution >= 0.6 is 0 Å². The Balaban J connectivity index is 2.16. The number of para-hydroxylation sites is 1. The van der Waals surface area contributed by atoms with E-state index in [1.807, 2.05) is 12.1 Å². The van der Waals surface area contributed by atoms with Gasteiger partial charge in [-0.1, -0.05) is 82.9 Å². The van der Waals surface area contributed by atoms with Crippen LogP contribution in [0.15, 0.2) is 24.3 Å². The highest BCUT2D eigenvalue weighted by molar-refractivity contribution is 8.27. The molecule has 0 amide bonds. The van der Waals surface area contributed by atoms with E-state index in [-0.39, 0.29) is 0 Å². The summed E-state index contributed by atoms with van der Waals surface area (Å²) in [5.41, 5.74) is 0.957. The zero-order chi connectivity index (χ0) is 17.0. The molecule has 0 aliphatic carbocycles. The lowest BCUT2D eigenvalue weighted by molar-refractivity contribution is 0.451. The van der Waals surface area contributed by atoms with Crippen LogP contribution in [-0.2, 0) is 26.7 Å². The second-order valence-electron chi connectivity index (χ2n) is 6.05. The highest BCUT2D eigenvalue weighted by atomic mass is 32.9. The van der Waals surface area contributed by atoms with Gasteiger partial charge in [0.1, 0.15) is 5.75 Å². The van der Waals surface area contributed by atoms with Crippen LogP contribution in [0.3, 0.4) is 0 Å². The lowest BCUT2D eigenvalue weighted by Gasteiger charge is -2.09. The minimum atomic E-state index is -3.62. The van der Waals surface area contributed by atoms with Crippen molar-refractivity contribution in [3.63, 3.8) is 0 Å². The van der Waals surface area contributed by atoms with Crippen LogP contribution in [0, 0.1) is 0 Å². The van der Waals surface area contributed by atoms with Crippen molar-refractivity contribution in [2.24, 2.45) is 0 Å². The summed E-state index contributed by atoms with van der Waals surface area (Å²) in [5, 5.41) is 0. The van der Waals surface area contributed by atoms with Crippen LogP contribution in [0.2, 0.25) is 0 Å². The Morgan fingerprint density at radius 3 is 2.04 bits per heavy atom. The number of hydrogen-bond donors (Lipinski definition) is 1. The van der Waals surface area contributed by atoms with Gasteiger partial charge in [-0.3, -0.25) is 4.55 Å². The molecular formula is C18H30O3S2. The van der Waals surface area contributed by atoms with Crippen LogP contribution in [0.4, 0.5) is 0 Å². The van der Waals surface area contributed by atoms with E-state index < -0.39 is 9.05 Å². The molecule has 0 spiro atoms. The predicted molar refractivity (Wildman–Crippen MR) is 101 cm³/mol. The SMILES string of the molecule is CCCCCCCCCCCCc1ccccc1OS(=O)(O)=S. The van der Waals surface area contributed by atoms with Crippen molar-refractivity contribution in [2.45, 2.75) is 77.6 Å². The van der Waals surface area contributed by atoms with Gasteiger partial charge >= 0.3 is 9.05 Å². The number of rotatable bonds is 13. The van der Waals surface area contributed by atoms with Gasteiger partial charge in [0.05, 0.1) is 11.2 Å². The van der Waals surface area contributed by atoms with Crippen LogP contribution in [0.25, 0.3) is 0 Å². The molecule has 1 unspecified atom stereocenters. The van der Waals surface area contributed by atoms with Gasteiger partial charge in [0.25, 0.3) is 0 Å². The van der Waals surface area contributed by atoms with E-state index in [2.05, 4.69) is 18.1 Å². The monoisotopic (exact) mass is 358 g/mol. The van der Waals surface area contributed by atoms with E-state index >= 15 is 0 Å². The van der Waals surface area contributed by atoms with Gasteiger partial charge in [0.2, 0.25) is 0 Å². The molecule has 5 heteroatoms. The van der Waals surface area contributed by atoms with Gasteiger partial charge in [-0.15, -0.1) is 0 Å². The lowest BCUT2D eigenvalue weighted by atomic mass is 10.0. The van der Waals surface area contributed by atoms with Crippen LogP contribution < -0.4 is 4.18 Å². The van der Waals surface area contributed by atoms with E-state index in [0.717, 1.165) is 18.4 Å². The fourth-order valence-corrected chi connectivity index (χ4v) is 3.32. The normalized spacial score (nSPS) is 13.7. The van der Waals surface area contributed by atoms with Crippen molar-refractivity contribution < 1.29 is 12.9 Å². The molecule has 1 aromatic carbocycles. The van der Waals surface area contributed by atoms with Gasteiger partial charge < -0.3 is 4.18 Å². The number of unbranched alkanes of at least 4 members (excludes halogenated alkanes) is 9. The van der Waals surface area contributed by atoms with Crippen molar-refractivity contribution in [3.05, 3.63) is 29.8 Å². The highest BCUT2D eigenvalue weighted by Crippen LogP contribution is 2.22. The maximum Gasteiger partial charge on any atom is 0.311 e. The van der Waals surface area contributed by atoms with Gasteiger partial charge in [0, 0.05) is 0 Å². The zero-order valence-corrected chi connectivity index (χ0v) is 15.8. The molecule has 0 heterocycles. The maximum atomic E-state index is 11.2. The van der Waals surface area contributed by atoms with E-state index in [1.54, 1.807) is 12.1 Å². The fourth-order valence-electron chi connectivity index (χ4n) is 2.71. The first kappa shape index (κ1) is 20.4. The Morgan fingerprint density at radius 2 is 1.48 bits per heavy atom. The summed E-state index contributed by atoms with van der Waals surface area (Å²) in [6, 6.07) is 7.34. The largest absolute Gasteiger partial charge is 0.381 e. The van der Waals surface area contributed by atoms with Crippen LogP contribution in [-0.4, -0.2) is 8.76 Å². The van der Waals surface area contributed by atoms with Gasteiger partial charge in [-0.05, 0) is 24.5 Å². The van der Waals surface area contributed by atoms with Gasteiger partial charge in [-0.2, -0.15) is 4.21 Å². The first-order valence-electron chi connectivity index (χ1n) is 8.77. The first-order chi connectivity index (χ1) is 11.0. The number of aryl methyl sites for hydroxylation is 1. The van der Waals surface area contributed by atoms with Gasteiger partial charge in [-0.25, -0.2) is 0 Å². The van der Waals surface area contributed by atoms with E-state index in [0.29, 0.717) is 5.75 Å². The van der Waals surface area contributed by atoms with Crippen molar-refractivity contribution in [1.82, 2.24) is 0 Å². The van der Waals surface area contributed by atoms with Crippen LogP contribution in [0.1, 0.15) is 76.7 Å². The molecule has 1 aromatic rings. The Hall–Kier alpha value is -0.650. The smallest absolute Gasteiger partial charge is 0.311 e. The second-order valence-corrected chi connectivity index (χ2v) is 8.34. The zero-order valence-electron chi connectivity index (χ0n) is 14.2. The van der Waals surface area contributed by atoms with Crippen molar-refractivity contribution in [2.75, 3.05) is 0 Å². The number of hydrogen-bond acceptors (Lipinski definition) is 3. The molecule has 1 N–H and O–H groups in total. The molecule has 0 fully saturated rings. The molecule has 0 aromatic heterocycles.